The largest absolute Gasteiger partial charge is 0.481 e. The molecule has 0 aliphatic carbocycles. The normalized spacial score (nSPS) is 24.8. The molecule has 1 N–H and O–H groups in total. The standard InChI is InChI=1S/C11H15NO3S/c1-11(5-2-6-15-11)10-12-8(7-16-10)3-4-9(13)14/h7H,2-6H2,1H3,(H,13,14). The molecule has 1 fully saturated rings. The van der Waals surface area contributed by atoms with Crippen LogP contribution in [0.25, 0.3) is 0 Å². The van der Waals surface area contributed by atoms with Gasteiger partial charge in [-0.15, -0.1) is 11.3 Å². The average Bonchev–Trinajstić information content (AvgIpc) is 2.84. The fourth-order valence-corrected chi connectivity index (χ4v) is 2.85. The maximum Gasteiger partial charge on any atom is 0.303 e. The van der Waals surface area contributed by atoms with Gasteiger partial charge in [0.2, 0.25) is 0 Å². The van der Waals surface area contributed by atoms with Crippen molar-refractivity contribution in [2.24, 2.45) is 0 Å². The number of hydrogen-bond acceptors (Lipinski definition) is 4. The lowest BCUT2D eigenvalue weighted by atomic mass is 10.0. The van der Waals surface area contributed by atoms with Gasteiger partial charge in [0.05, 0.1) is 12.1 Å². The summed E-state index contributed by atoms with van der Waals surface area (Å²) in [7, 11) is 0. The lowest BCUT2D eigenvalue weighted by molar-refractivity contribution is -0.136. The van der Waals surface area contributed by atoms with Crippen LogP contribution in [0.5, 0.6) is 0 Å². The van der Waals surface area contributed by atoms with Gasteiger partial charge in [-0.3, -0.25) is 4.79 Å². The summed E-state index contributed by atoms with van der Waals surface area (Å²) in [6, 6.07) is 0. The molecule has 0 spiro atoms. The quantitative estimate of drug-likeness (QED) is 0.877. The second-order valence-corrected chi connectivity index (χ2v) is 5.08. The van der Waals surface area contributed by atoms with Gasteiger partial charge in [-0.2, -0.15) is 0 Å². The van der Waals surface area contributed by atoms with E-state index in [0.29, 0.717) is 6.42 Å². The van der Waals surface area contributed by atoms with Crippen LogP contribution in [0.2, 0.25) is 0 Å². The van der Waals surface area contributed by atoms with Gasteiger partial charge in [0.25, 0.3) is 0 Å². The minimum absolute atomic E-state index is 0.140. The highest BCUT2D eigenvalue weighted by Gasteiger charge is 2.34. The maximum atomic E-state index is 10.4. The third kappa shape index (κ3) is 2.41. The van der Waals surface area contributed by atoms with Crippen LogP contribution in [0.15, 0.2) is 5.38 Å². The number of nitrogens with zero attached hydrogens (tertiary/aromatic N) is 1. The van der Waals surface area contributed by atoms with Crippen molar-refractivity contribution in [2.45, 2.75) is 38.2 Å². The van der Waals surface area contributed by atoms with Crippen molar-refractivity contribution in [1.82, 2.24) is 4.98 Å². The minimum Gasteiger partial charge on any atom is -0.481 e. The number of carboxylic acids is 1. The molecule has 0 radical (unpaired) electrons. The highest BCUT2D eigenvalue weighted by Crippen LogP contribution is 2.37. The summed E-state index contributed by atoms with van der Waals surface area (Å²) >= 11 is 1.57. The van der Waals surface area contributed by atoms with Crippen LogP contribution < -0.4 is 0 Å². The molecule has 1 aromatic heterocycles. The number of rotatable bonds is 4. The van der Waals surface area contributed by atoms with Gasteiger partial charge in [0.1, 0.15) is 10.6 Å². The van der Waals surface area contributed by atoms with Crippen molar-refractivity contribution in [2.75, 3.05) is 6.61 Å². The molecule has 2 heterocycles. The molecule has 0 aromatic carbocycles. The number of aryl methyl sites for hydroxylation is 1. The Morgan fingerprint density at radius 2 is 2.56 bits per heavy atom. The Hall–Kier alpha value is -0.940. The zero-order chi connectivity index (χ0) is 11.6. The molecule has 1 aromatic rings. The smallest absolute Gasteiger partial charge is 0.303 e. The van der Waals surface area contributed by atoms with E-state index < -0.39 is 5.97 Å². The van der Waals surface area contributed by atoms with Crippen LogP contribution >= 0.6 is 11.3 Å². The van der Waals surface area contributed by atoms with Crippen molar-refractivity contribution in [3.8, 4) is 0 Å². The molecule has 1 aliphatic heterocycles. The van der Waals surface area contributed by atoms with Crippen molar-refractivity contribution in [3.05, 3.63) is 16.1 Å². The van der Waals surface area contributed by atoms with Crippen LogP contribution in [-0.4, -0.2) is 22.7 Å². The Balaban J connectivity index is 2.04. The summed E-state index contributed by atoms with van der Waals surface area (Å²) in [5.41, 5.74) is 0.616. The Bertz CT molecular complexity index is 382. The van der Waals surface area contributed by atoms with E-state index in [1.807, 2.05) is 5.38 Å². The first-order valence-electron chi connectivity index (χ1n) is 5.41. The van der Waals surface area contributed by atoms with Gasteiger partial charge in [-0.1, -0.05) is 0 Å². The van der Waals surface area contributed by atoms with Crippen LogP contribution in [0.1, 0.15) is 36.9 Å². The van der Waals surface area contributed by atoms with E-state index in [2.05, 4.69) is 11.9 Å². The van der Waals surface area contributed by atoms with E-state index in [-0.39, 0.29) is 12.0 Å². The molecule has 0 saturated carbocycles. The Labute approximate surface area is 98.3 Å². The molecule has 1 saturated heterocycles. The van der Waals surface area contributed by atoms with Crippen molar-refractivity contribution < 1.29 is 14.6 Å². The number of carbonyl (C=O) groups is 1. The molecule has 0 bridgehead atoms. The van der Waals surface area contributed by atoms with Gasteiger partial charge in [-0.05, 0) is 19.8 Å². The molecular formula is C11H15NO3S. The number of hydrogen-bond donors (Lipinski definition) is 1. The molecule has 88 valence electrons. The van der Waals surface area contributed by atoms with Crippen LogP contribution in [0.4, 0.5) is 0 Å². The van der Waals surface area contributed by atoms with Crippen molar-refractivity contribution in [1.29, 1.82) is 0 Å². The zero-order valence-corrected chi connectivity index (χ0v) is 10.0. The summed E-state index contributed by atoms with van der Waals surface area (Å²) < 4.78 is 5.70. The third-order valence-electron chi connectivity index (χ3n) is 2.82. The summed E-state index contributed by atoms with van der Waals surface area (Å²) in [6.07, 6.45) is 2.71. The average molecular weight is 241 g/mol. The fraction of sp³-hybridized carbons (Fsp3) is 0.636. The summed E-state index contributed by atoms with van der Waals surface area (Å²) in [4.78, 5) is 14.9. The fourth-order valence-electron chi connectivity index (χ4n) is 1.85. The Kier molecular flexibility index (Phi) is 3.25. The molecule has 1 aliphatic rings. The third-order valence-corrected chi connectivity index (χ3v) is 3.95. The lowest BCUT2D eigenvalue weighted by Gasteiger charge is -2.19. The monoisotopic (exact) mass is 241 g/mol. The first-order valence-corrected chi connectivity index (χ1v) is 6.29. The summed E-state index contributed by atoms with van der Waals surface area (Å²) in [5.74, 6) is -0.780. The van der Waals surface area contributed by atoms with Crippen molar-refractivity contribution in [3.63, 3.8) is 0 Å². The Morgan fingerprint density at radius 3 is 3.19 bits per heavy atom. The predicted octanol–water partition coefficient (Wildman–Crippen LogP) is 2.19. The lowest BCUT2D eigenvalue weighted by Crippen LogP contribution is -2.19. The predicted molar refractivity (Wildman–Crippen MR) is 60.6 cm³/mol. The maximum absolute atomic E-state index is 10.4. The second-order valence-electron chi connectivity index (χ2n) is 4.22. The SMILES string of the molecule is CC1(c2nc(CCC(=O)O)cs2)CCCO1. The molecule has 2 rings (SSSR count). The van der Waals surface area contributed by atoms with Gasteiger partial charge in [0.15, 0.2) is 0 Å². The van der Waals surface area contributed by atoms with Crippen LogP contribution in [0.3, 0.4) is 0 Å². The van der Waals surface area contributed by atoms with E-state index in [1.54, 1.807) is 11.3 Å². The first kappa shape index (κ1) is 11.5. The molecular weight excluding hydrogens is 226 g/mol. The molecule has 1 unspecified atom stereocenters. The van der Waals surface area contributed by atoms with E-state index in [1.165, 1.54) is 0 Å². The number of aromatic nitrogens is 1. The summed E-state index contributed by atoms with van der Waals surface area (Å²) in [5, 5.41) is 11.5. The topological polar surface area (TPSA) is 59.4 Å². The van der Waals surface area contributed by atoms with E-state index >= 15 is 0 Å². The number of ether oxygens (including phenoxy) is 1. The number of aliphatic carboxylic acids is 1. The van der Waals surface area contributed by atoms with Gasteiger partial charge in [-0.25, -0.2) is 4.98 Å². The van der Waals surface area contributed by atoms with Gasteiger partial charge < -0.3 is 9.84 Å². The highest BCUT2D eigenvalue weighted by molar-refractivity contribution is 7.09. The minimum atomic E-state index is -0.780. The highest BCUT2D eigenvalue weighted by atomic mass is 32.1. The molecule has 4 nitrogen and oxygen atoms in total. The van der Waals surface area contributed by atoms with Gasteiger partial charge in [0, 0.05) is 18.4 Å². The second kappa shape index (κ2) is 4.51. The first-order chi connectivity index (χ1) is 7.60. The molecule has 0 amide bonds. The zero-order valence-electron chi connectivity index (χ0n) is 9.23. The van der Waals surface area contributed by atoms with E-state index in [0.717, 1.165) is 30.2 Å². The van der Waals surface area contributed by atoms with Gasteiger partial charge >= 0.3 is 5.97 Å². The van der Waals surface area contributed by atoms with Crippen LogP contribution in [-0.2, 0) is 21.6 Å². The number of thiazole rings is 1. The Morgan fingerprint density at radius 1 is 1.75 bits per heavy atom. The number of carboxylic acid groups (broad SMARTS) is 1. The molecule has 5 heteroatoms. The van der Waals surface area contributed by atoms with E-state index in [9.17, 15) is 4.79 Å². The summed E-state index contributed by atoms with van der Waals surface area (Å²) in [6.45, 7) is 2.85. The molecule has 1 atom stereocenters. The van der Waals surface area contributed by atoms with Crippen LogP contribution in [0, 0.1) is 0 Å². The van der Waals surface area contributed by atoms with Crippen molar-refractivity contribution >= 4 is 17.3 Å². The van der Waals surface area contributed by atoms with E-state index in [4.69, 9.17) is 9.84 Å². The molecule has 16 heavy (non-hydrogen) atoms.